The SMILES string of the molecule is CN1CCN(C(=O)C2CCN(C(=O)Nc3ccccc3)CC2)C(c2ccccc2)C1. The predicted molar refractivity (Wildman–Crippen MR) is 118 cm³/mol. The molecule has 0 aromatic heterocycles. The van der Waals surface area contributed by atoms with Crippen molar-refractivity contribution in [1.82, 2.24) is 14.7 Å². The number of piperidine rings is 1. The number of rotatable bonds is 3. The summed E-state index contributed by atoms with van der Waals surface area (Å²) in [7, 11) is 2.11. The molecule has 2 heterocycles. The van der Waals surface area contributed by atoms with E-state index in [1.165, 1.54) is 5.56 Å². The van der Waals surface area contributed by atoms with Crippen LogP contribution in [0.1, 0.15) is 24.4 Å². The highest BCUT2D eigenvalue weighted by Crippen LogP contribution is 2.29. The van der Waals surface area contributed by atoms with Crippen molar-refractivity contribution in [3.63, 3.8) is 0 Å². The molecular formula is C24H30N4O2. The van der Waals surface area contributed by atoms with Crippen LogP contribution in [0.15, 0.2) is 60.7 Å². The van der Waals surface area contributed by atoms with Gasteiger partial charge in [-0.15, -0.1) is 0 Å². The second-order valence-electron chi connectivity index (χ2n) is 8.28. The summed E-state index contributed by atoms with van der Waals surface area (Å²) in [6, 6.07) is 19.8. The van der Waals surface area contributed by atoms with Crippen molar-refractivity contribution >= 4 is 17.6 Å². The van der Waals surface area contributed by atoms with Crippen LogP contribution in [-0.2, 0) is 4.79 Å². The molecule has 2 aromatic rings. The molecule has 2 aliphatic heterocycles. The van der Waals surface area contributed by atoms with Crippen LogP contribution in [0.2, 0.25) is 0 Å². The van der Waals surface area contributed by atoms with Crippen LogP contribution in [0, 0.1) is 5.92 Å². The molecule has 2 fully saturated rings. The van der Waals surface area contributed by atoms with Gasteiger partial charge in [-0.2, -0.15) is 0 Å². The highest BCUT2D eigenvalue weighted by Gasteiger charge is 2.36. The Balaban J connectivity index is 1.36. The maximum Gasteiger partial charge on any atom is 0.321 e. The fourth-order valence-electron chi connectivity index (χ4n) is 4.43. The van der Waals surface area contributed by atoms with Gasteiger partial charge in [-0.05, 0) is 37.6 Å². The Morgan fingerprint density at radius 2 is 1.50 bits per heavy atom. The number of benzene rings is 2. The van der Waals surface area contributed by atoms with E-state index in [-0.39, 0.29) is 23.9 Å². The maximum atomic E-state index is 13.4. The topological polar surface area (TPSA) is 55.9 Å². The first-order valence-electron chi connectivity index (χ1n) is 10.8. The van der Waals surface area contributed by atoms with Gasteiger partial charge in [0, 0.05) is 44.3 Å². The minimum Gasteiger partial charge on any atom is -0.333 e. The highest BCUT2D eigenvalue weighted by atomic mass is 16.2. The molecule has 2 saturated heterocycles. The van der Waals surface area contributed by atoms with Crippen molar-refractivity contribution in [1.29, 1.82) is 0 Å². The van der Waals surface area contributed by atoms with Crippen molar-refractivity contribution in [2.45, 2.75) is 18.9 Å². The third-order valence-corrected chi connectivity index (χ3v) is 6.21. The van der Waals surface area contributed by atoms with Crippen molar-refractivity contribution < 1.29 is 9.59 Å². The van der Waals surface area contributed by atoms with E-state index in [1.807, 2.05) is 53.4 Å². The highest BCUT2D eigenvalue weighted by molar-refractivity contribution is 5.89. The largest absolute Gasteiger partial charge is 0.333 e. The van der Waals surface area contributed by atoms with Gasteiger partial charge in [-0.3, -0.25) is 4.79 Å². The molecule has 1 N–H and O–H groups in total. The summed E-state index contributed by atoms with van der Waals surface area (Å²) in [5, 5.41) is 2.94. The monoisotopic (exact) mass is 406 g/mol. The number of hydrogen-bond donors (Lipinski definition) is 1. The number of carbonyl (C=O) groups is 2. The number of carbonyl (C=O) groups excluding carboxylic acids is 2. The lowest BCUT2D eigenvalue weighted by atomic mass is 9.93. The number of nitrogens with one attached hydrogen (secondary N) is 1. The second-order valence-corrected chi connectivity index (χ2v) is 8.28. The zero-order valence-corrected chi connectivity index (χ0v) is 17.5. The number of urea groups is 1. The number of piperazine rings is 1. The zero-order chi connectivity index (χ0) is 20.9. The average molecular weight is 407 g/mol. The van der Waals surface area contributed by atoms with Crippen LogP contribution in [0.25, 0.3) is 0 Å². The van der Waals surface area contributed by atoms with Gasteiger partial charge in [0.05, 0.1) is 6.04 Å². The summed E-state index contributed by atoms with van der Waals surface area (Å²) < 4.78 is 0. The number of nitrogens with zero attached hydrogens (tertiary/aromatic N) is 3. The molecule has 6 heteroatoms. The third-order valence-electron chi connectivity index (χ3n) is 6.21. The van der Waals surface area contributed by atoms with Crippen molar-refractivity contribution in [2.75, 3.05) is 45.1 Å². The first-order chi connectivity index (χ1) is 14.6. The molecule has 1 unspecified atom stereocenters. The number of para-hydroxylation sites is 1. The molecule has 4 rings (SSSR count). The van der Waals surface area contributed by atoms with Gasteiger partial charge in [-0.25, -0.2) is 4.79 Å². The van der Waals surface area contributed by atoms with E-state index in [4.69, 9.17) is 0 Å². The summed E-state index contributed by atoms with van der Waals surface area (Å²) in [4.78, 5) is 32.1. The molecule has 2 aliphatic rings. The van der Waals surface area contributed by atoms with Gasteiger partial charge in [0.25, 0.3) is 0 Å². The van der Waals surface area contributed by atoms with Crippen LogP contribution < -0.4 is 5.32 Å². The van der Waals surface area contributed by atoms with E-state index in [1.54, 1.807) is 0 Å². The lowest BCUT2D eigenvalue weighted by molar-refractivity contribution is -0.142. The summed E-state index contributed by atoms with van der Waals surface area (Å²) in [5.41, 5.74) is 1.99. The van der Waals surface area contributed by atoms with E-state index < -0.39 is 0 Å². The van der Waals surface area contributed by atoms with E-state index in [0.29, 0.717) is 13.1 Å². The van der Waals surface area contributed by atoms with Crippen molar-refractivity contribution in [2.24, 2.45) is 5.92 Å². The smallest absolute Gasteiger partial charge is 0.321 e. The average Bonchev–Trinajstić information content (AvgIpc) is 2.80. The van der Waals surface area contributed by atoms with Gasteiger partial charge in [-0.1, -0.05) is 48.5 Å². The molecule has 0 radical (unpaired) electrons. The summed E-state index contributed by atoms with van der Waals surface area (Å²) in [5.74, 6) is 0.223. The summed E-state index contributed by atoms with van der Waals surface area (Å²) >= 11 is 0. The quantitative estimate of drug-likeness (QED) is 0.850. The maximum absolute atomic E-state index is 13.4. The number of anilines is 1. The fourth-order valence-corrected chi connectivity index (χ4v) is 4.43. The first kappa shape index (κ1) is 20.4. The van der Waals surface area contributed by atoms with Crippen molar-refractivity contribution in [3.8, 4) is 0 Å². The minimum absolute atomic E-state index is 0.0135. The second kappa shape index (κ2) is 9.30. The number of likely N-dealkylation sites (N-methyl/N-ethyl adjacent to an activating group) is 1. The number of likely N-dealkylation sites (tertiary alicyclic amines) is 1. The Morgan fingerprint density at radius 3 is 2.17 bits per heavy atom. The molecule has 6 nitrogen and oxygen atoms in total. The first-order valence-corrected chi connectivity index (χ1v) is 10.8. The minimum atomic E-state index is -0.0890. The van der Waals surface area contributed by atoms with Crippen LogP contribution in [-0.4, -0.2) is 66.4 Å². The zero-order valence-electron chi connectivity index (χ0n) is 17.5. The fraction of sp³-hybridized carbons (Fsp3) is 0.417. The van der Waals surface area contributed by atoms with Gasteiger partial charge < -0.3 is 20.0 Å². The van der Waals surface area contributed by atoms with Gasteiger partial charge in [0.2, 0.25) is 5.91 Å². The van der Waals surface area contributed by atoms with Crippen molar-refractivity contribution in [3.05, 3.63) is 66.2 Å². The van der Waals surface area contributed by atoms with E-state index in [0.717, 1.165) is 38.2 Å². The molecule has 158 valence electrons. The van der Waals surface area contributed by atoms with Crippen LogP contribution in [0.4, 0.5) is 10.5 Å². The Bertz CT molecular complexity index is 850. The van der Waals surface area contributed by atoms with Gasteiger partial charge >= 0.3 is 6.03 Å². The predicted octanol–water partition coefficient (Wildman–Crippen LogP) is 3.45. The third kappa shape index (κ3) is 4.65. The van der Waals surface area contributed by atoms with Crippen LogP contribution in [0.5, 0.6) is 0 Å². The normalized spacial score (nSPS) is 20.8. The molecule has 0 aliphatic carbocycles. The number of hydrogen-bond acceptors (Lipinski definition) is 3. The van der Waals surface area contributed by atoms with Crippen LogP contribution >= 0.6 is 0 Å². The molecular weight excluding hydrogens is 376 g/mol. The van der Waals surface area contributed by atoms with E-state index in [9.17, 15) is 9.59 Å². The standard InChI is InChI=1S/C24H30N4O2/c1-26-16-17-28(22(18-26)19-8-4-2-5-9-19)23(29)20-12-14-27(15-13-20)24(30)25-21-10-6-3-7-11-21/h2-11,20,22H,12-18H2,1H3,(H,25,30). The molecule has 3 amide bonds. The summed E-state index contributed by atoms with van der Waals surface area (Å²) in [6.45, 7) is 3.72. The lowest BCUT2D eigenvalue weighted by Crippen LogP contribution is -2.52. The van der Waals surface area contributed by atoms with E-state index >= 15 is 0 Å². The molecule has 0 saturated carbocycles. The molecule has 1 atom stereocenters. The van der Waals surface area contributed by atoms with Crippen LogP contribution in [0.3, 0.4) is 0 Å². The Kier molecular flexibility index (Phi) is 6.33. The number of amides is 3. The molecule has 30 heavy (non-hydrogen) atoms. The lowest BCUT2D eigenvalue weighted by Gasteiger charge is -2.43. The van der Waals surface area contributed by atoms with Gasteiger partial charge in [0.1, 0.15) is 0 Å². The van der Waals surface area contributed by atoms with E-state index in [2.05, 4.69) is 34.3 Å². The molecule has 2 aromatic carbocycles. The Morgan fingerprint density at radius 1 is 0.867 bits per heavy atom. The Hall–Kier alpha value is -2.86. The molecule has 0 bridgehead atoms. The molecule has 0 spiro atoms. The summed E-state index contributed by atoms with van der Waals surface area (Å²) in [6.07, 6.45) is 1.43. The Labute approximate surface area is 178 Å². The van der Waals surface area contributed by atoms with Gasteiger partial charge in [0.15, 0.2) is 0 Å².